The van der Waals surface area contributed by atoms with Crippen LogP contribution in [0.3, 0.4) is 0 Å². The molecule has 0 saturated heterocycles. The third-order valence-corrected chi connectivity index (χ3v) is 5.56. The van der Waals surface area contributed by atoms with Crippen molar-refractivity contribution >= 4 is 23.7 Å². The molecule has 0 aliphatic heterocycles. The lowest BCUT2D eigenvalue weighted by Crippen LogP contribution is -1.95. The number of nitrogens with zero attached hydrogens (tertiary/aromatic N) is 2. The van der Waals surface area contributed by atoms with Crippen LogP contribution in [-0.4, -0.2) is 27.0 Å². The molecule has 1 heterocycles. The maximum Gasteiger partial charge on any atom is 0.238 e. The molecule has 176 valence electrons. The zero-order chi connectivity index (χ0) is 24.8. The zero-order valence-electron chi connectivity index (χ0n) is 19.5. The van der Waals surface area contributed by atoms with Crippen LogP contribution in [0.25, 0.3) is 22.5 Å². The van der Waals surface area contributed by atoms with E-state index < -0.39 is 0 Å². The molecule has 7 heteroatoms. The number of hydrogen-bond donors (Lipinski definition) is 0. The Balaban J connectivity index is 1.87. The second-order valence-electron chi connectivity index (χ2n) is 7.43. The van der Waals surface area contributed by atoms with Gasteiger partial charge in [0.2, 0.25) is 5.88 Å². The average molecular weight is 487 g/mol. The summed E-state index contributed by atoms with van der Waals surface area (Å²) < 4.78 is 22.4. The molecule has 0 amide bonds. The minimum absolute atomic E-state index is 0.187. The molecule has 0 unspecified atom stereocenters. The normalized spacial score (nSPS) is 10.8. The van der Waals surface area contributed by atoms with E-state index in [2.05, 4.69) is 11.1 Å². The second kappa shape index (κ2) is 10.8. The lowest BCUT2D eigenvalue weighted by molar-refractivity contribution is 0.340. The smallest absolute Gasteiger partial charge is 0.238 e. The van der Waals surface area contributed by atoms with Crippen molar-refractivity contribution in [3.05, 3.63) is 82.9 Å². The van der Waals surface area contributed by atoms with E-state index >= 15 is 0 Å². The van der Waals surface area contributed by atoms with Crippen LogP contribution in [0.5, 0.6) is 17.2 Å². The van der Waals surface area contributed by atoms with Crippen molar-refractivity contribution in [3.8, 4) is 45.8 Å². The maximum absolute atomic E-state index is 10.1. The van der Waals surface area contributed by atoms with Gasteiger partial charge in [0.05, 0.1) is 20.8 Å². The summed E-state index contributed by atoms with van der Waals surface area (Å²) in [6.45, 7) is 2.40. The summed E-state index contributed by atoms with van der Waals surface area (Å²) >= 11 is 6.18. The number of aliphatic imine (C=N–C) groups is 1. The molecule has 0 aliphatic carbocycles. The molecule has 0 N–H and O–H groups in total. The largest absolute Gasteiger partial charge is 0.497 e. The molecule has 0 saturated carbocycles. The third-order valence-electron chi connectivity index (χ3n) is 5.32. The highest BCUT2D eigenvalue weighted by Crippen LogP contribution is 2.43. The first-order valence-corrected chi connectivity index (χ1v) is 11.3. The number of ether oxygens (including phenoxy) is 3. The first kappa shape index (κ1) is 23.9. The Labute approximate surface area is 209 Å². The third kappa shape index (κ3) is 5.16. The standard InChI is InChI=1S/C28H23ClN2O4/c1-4-34-25-14-9-21(29)15-20(25)17-31-28-24(16-30)26(18-5-10-22(32-2)11-6-18)27(35-28)19-7-12-23(33-3)13-8-19/h5-15,17H,4H2,1-3H3. The van der Waals surface area contributed by atoms with E-state index in [1.165, 1.54) is 0 Å². The minimum atomic E-state index is 0.187. The van der Waals surface area contributed by atoms with Crippen LogP contribution in [0.15, 0.2) is 76.1 Å². The van der Waals surface area contributed by atoms with Gasteiger partial charge in [-0.05, 0) is 67.1 Å². The van der Waals surface area contributed by atoms with E-state index in [-0.39, 0.29) is 5.88 Å². The van der Waals surface area contributed by atoms with Crippen molar-refractivity contribution < 1.29 is 18.6 Å². The molecule has 0 radical (unpaired) electrons. The molecule has 6 nitrogen and oxygen atoms in total. The van der Waals surface area contributed by atoms with E-state index in [0.29, 0.717) is 45.6 Å². The number of benzene rings is 3. The van der Waals surface area contributed by atoms with Gasteiger partial charge in [-0.3, -0.25) is 0 Å². The summed E-state index contributed by atoms with van der Waals surface area (Å²) in [7, 11) is 3.22. The quantitative estimate of drug-likeness (QED) is 0.244. The monoisotopic (exact) mass is 486 g/mol. The van der Waals surface area contributed by atoms with Crippen LogP contribution >= 0.6 is 11.6 Å². The van der Waals surface area contributed by atoms with Crippen molar-refractivity contribution in [2.75, 3.05) is 20.8 Å². The van der Waals surface area contributed by atoms with Crippen molar-refractivity contribution in [3.63, 3.8) is 0 Å². The fraction of sp³-hybridized carbons (Fsp3) is 0.143. The Bertz CT molecular complexity index is 1380. The Kier molecular flexibility index (Phi) is 7.39. The average Bonchev–Trinajstić information content (AvgIpc) is 3.27. The van der Waals surface area contributed by atoms with Gasteiger partial charge in [0.1, 0.15) is 34.6 Å². The van der Waals surface area contributed by atoms with Crippen LogP contribution < -0.4 is 14.2 Å². The summed E-state index contributed by atoms with van der Waals surface area (Å²) in [5.74, 6) is 2.78. The van der Waals surface area contributed by atoms with E-state index in [1.807, 2.05) is 55.5 Å². The zero-order valence-corrected chi connectivity index (χ0v) is 20.3. The predicted octanol–water partition coefficient (Wildman–Crippen LogP) is 7.31. The van der Waals surface area contributed by atoms with Gasteiger partial charge < -0.3 is 18.6 Å². The lowest BCUT2D eigenvalue weighted by Gasteiger charge is -2.06. The van der Waals surface area contributed by atoms with Crippen LogP contribution in [0, 0.1) is 11.3 Å². The summed E-state index contributed by atoms with van der Waals surface area (Å²) in [5, 5.41) is 10.7. The molecule has 0 spiro atoms. The van der Waals surface area contributed by atoms with E-state index in [4.69, 9.17) is 30.2 Å². The van der Waals surface area contributed by atoms with Gasteiger partial charge in [-0.1, -0.05) is 23.7 Å². The highest BCUT2D eigenvalue weighted by molar-refractivity contribution is 6.30. The molecule has 0 fully saturated rings. The van der Waals surface area contributed by atoms with Crippen molar-refractivity contribution in [1.82, 2.24) is 0 Å². The Morgan fingerprint density at radius 1 is 0.943 bits per heavy atom. The highest BCUT2D eigenvalue weighted by Gasteiger charge is 2.23. The Morgan fingerprint density at radius 2 is 1.57 bits per heavy atom. The summed E-state index contributed by atoms with van der Waals surface area (Å²) in [4.78, 5) is 4.53. The fourth-order valence-electron chi connectivity index (χ4n) is 3.63. The topological polar surface area (TPSA) is 77.0 Å². The molecule has 0 aliphatic rings. The van der Waals surface area contributed by atoms with Crippen LogP contribution in [0.4, 0.5) is 5.88 Å². The number of furan rings is 1. The molecule has 4 rings (SSSR count). The molecular weight excluding hydrogens is 464 g/mol. The van der Waals surface area contributed by atoms with Crippen LogP contribution in [0.1, 0.15) is 18.1 Å². The number of halogens is 1. The van der Waals surface area contributed by atoms with Gasteiger partial charge in [-0.25, -0.2) is 4.99 Å². The Morgan fingerprint density at radius 3 is 2.14 bits per heavy atom. The molecule has 4 aromatic rings. The fourth-order valence-corrected chi connectivity index (χ4v) is 3.81. The molecular formula is C28H23ClN2O4. The van der Waals surface area contributed by atoms with Crippen molar-refractivity contribution in [2.24, 2.45) is 4.99 Å². The van der Waals surface area contributed by atoms with Gasteiger partial charge in [0, 0.05) is 27.9 Å². The minimum Gasteiger partial charge on any atom is -0.497 e. The number of rotatable bonds is 8. The highest BCUT2D eigenvalue weighted by atomic mass is 35.5. The number of nitriles is 1. The van der Waals surface area contributed by atoms with Crippen molar-refractivity contribution in [2.45, 2.75) is 6.92 Å². The first-order valence-electron chi connectivity index (χ1n) is 10.9. The summed E-state index contributed by atoms with van der Waals surface area (Å²) in [6, 6.07) is 22.4. The Hall–Kier alpha value is -4.21. The number of hydrogen-bond acceptors (Lipinski definition) is 6. The first-order chi connectivity index (χ1) is 17.1. The SMILES string of the molecule is CCOc1ccc(Cl)cc1C=Nc1oc(-c2ccc(OC)cc2)c(-c2ccc(OC)cc2)c1C#N. The van der Waals surface area contributed by atoms with E-state index in [0.717, 1.165) is 16.9 Å². The van der Waals surface area contributed by atoms with E-state index in [9.17, 15) is 5.26 Å². The van der Waals surface area contributed by atoms with Crippen LogP contribution in [0.2, 0.25) is 5.02 Å². The molecule has 1 aromatic heterocycles. The van der Waals surface area contributed by atoms with Crippen LogP contribution in [-0.2, 0) is 0 Å². The lowest BCUT2D eigenvalue weighted by atomic mass is 9.98. The molecule has 0 bridgehead atoms. The van der Waals surface area contributed by atoms with Gasteiger partial charge in [-0.15, -0.1) is 0 Å². The maximum atomic E-state index is 10.1. The summed E-state index contributed by atoms with van der Waals surface area (Å²) in [5.41, 5.74) is 3.22. The molecule has 0 atom stereocenters. The van der Waals surface area contributed by atoms with E-state index in [1.54, 1.807) is 38.6 Å². The summed E-state index contributed by atoms with van der Waals surface area (Å²) in [6.07, 6.45) is 1.59. The van der Waals surface area contributed by atoms with Gasteiger partial charge in [0.15, 0.2) is 0 Å². The molecule has 3 aromatic carbocycles. The predicted molar refractivity (Wildman–Crippen MR) is 137 cm³/mol. The second-order valence-corrected chi connectivity index (χ2v) is 7.86. The van der Waals surface area contributed by atoms with Gasteiger partial charge >= 0.3 is 0 Å². The van der Waals surface area contributed by atoms with Gasteiger partial charge in [0.25, 0.3) is 0 Å². The number of methoxy groups -OCH3 is 2. The van der Waals surface area contributed by atoms with Crippen molar-refractivity contribution in [1.29, 1.82) is 5.26 Å². The van der Waals surface area contributed by atoms with Gasteiger partial charge in [-0.2, -0.15) is 5.26 Å². The molecule has 35 heavy (non-hydrogen) atoms.